The third-order valence-corrected chi connectivity index (χ3v) is 6.88. The molecule has 9 heteroatoms. The Labute approximate surface area is 221 Å². The number of imide groups is 1. The van der Waals surface area contributed by atoms with Crippen molar-refractivity contribution in [2.75, 3.05) is 6.54 Å². The number of nitro benzene ring substituents is 1. The standard InChI is InChI=1S/C29H20N2O6S/c32-26(22-9-11-24(12-10-22)31(35)36)17-30-28(33)27(38-29(30)34)16-19-6-13-25(14-7-19)37-18-20-5-8-21-3-1-2-4-23(21)15-20/h1-16H,17-18H2/b27-16-. The first-order valence-corrected chi connectivity index (χ1v) is 12.4. The number of rotatable bonds is 8. The maximum atomic E-state index is 12.8. The molecule has 1 aliphatic heterocycles. The number of nitrogens with zero attached hydrogens (tertiary/aromatic N) is 2. The zero-order chi connectivity index (χ0) is 26.6. The van der Waals surface area contributed by atoms with Gasteiger partial charge in [0.2, 0.25) is 0 Å². The van der Waals surface area contributed by atoms with Gasteiger partial charge in [0.25, 0.3) is 16.8 Å². The second-order valence-electron chi connectivity index (χ2n) is 8.53. The number of thioether (sulfide) groups is 1. The van der Waals surface area contributed by atoms with Crippen molar-refractivity contribution in [3.05, 3.63) is 123 Å². The summed E-state index contributed by atoms with van der Waals surface area (Å²) >= 11 is 0.759. The fraction of sp³-hybridized carbons (Fsp3) is 0.0690. The number of nitro groups is 1. The quantitative estimate of drug-likeness (QED) is 0.116. The van der Waals surface area contributed by atoms with Crippen LogP contribution in [0.4, 0.5) is 10.5 Å². The molecule has 0 atom stereocenters. The van der Waals surface area contributed by atoms with Gasteiger partial charge < -0.3 is 4.74 Å². The Hall–Kier alpha value is -4.76. The predicted octanol–water partition coefficient (Wildman–Crippen LogP) is 6.25. The molecule has 4 aromatic carbocycles. The molecular weight excluding hydrogens is 504 g/mol. The van der Waals surface area contributed by atoms with Gasteiger partial charge in [-0.15, -0.1) is 0 Å². The monoisotopic (exact) mass is 524 g/mol. The molecule has 5 rings (SSSR count). The largest absolute Gasteiger partial charge is 0.489 e. The van der Waals surface area contributed by atoms with Crippen molar-refractivity contribution in [3.8, 4) is 5.75 Å². The molecule has 188 valence electrons. The van der Waals surface area contributed by atoms with Crippen LogP contribution in [0.25, 0.3) is 16.8 Å². The van der Waals surface area contributed by atoms with Crippen molar-refractivity contribution in [3.63, 3.8) is 0 Å². The summed E-state index contributed by atoms with van der Waals surface area (Å²) in [5, 5.41) is 12.6. The summed E-state index contributed by atoms with van der Waals surface area (Å²) < 4.78 is 5.90. The van der Waals surface area contributed by atoms with Crippen LogP contribution < -0.4 is 4.74 Å². The van der Waals surface area contributed by atoms with E-state index in [1.807, 2.05) is 18.2 Å². The molecule has 1 fully saturated rings. The van der Waals surface area contributed by atoms with Crippen molar-refractivity contribution in [2.45, 2.75) is 6.61 Å². The van der Waals surface area contributed by atoms with Gasteiger partial charge in [0.15, 0.2) is 5.78 Å². The first-order chi connectivity index (χ1) is 18.4. The SMILES string of the molecule is O=C(CN1C(=O)S/C(=C\c2ccc(OCc3ccc4ccccc4c3)cc2)C1=O)c1ccc([N+](=O)[O-])cc1. The molecule has 0 aromatic heterocycles. The fourth-order valence-corrected chi connectivity index (χ4v) is 4.79. The fourth-order valence-electron chi connectivity index (χ4n) is 3.95. The highest BCUT2D eigenvalue weighted by Crippen LogP contribution is 2.32. The van der Waals surface area contributed by atoms with Crippen molar-refractivity contribution in [1.82, 2.24) is 4.90 Å². The summed E-state index contributed by atoms with van der Waals surface area (Å²) in [5.41, 5.74) is 1.78. The van der Waals surface area contributed by atoms with E-state index in [0.29, 0.717) is 17.9 Å². The summed E-state index contributed by atoms with van der Waals surface area (Å²) in [6, 6.07) is 26.4. The number of benzene rings is 4. The van der Waals surface area contributed by atoms with Gasteiger partial charge in [0, 0.05) is 17.7 Å². The Morgan fingerprint density at radius 2 is 1.63 bits per heavy atom. The minimum absolute atomic E-state index is 0.152. The van der Waals surface area contributed by atoms with Crippen LogP contribution in [0.1, 0.15) is 21.5 Å². The van der Waals surface area contributed by atoms with Crippen LogP contribution in [0.3, 0.4) is 0 Å². The first kappa shape index (κ1) is 24.9. The highest BCUT2D eigenvalue weighted by atomic mass is 32.2. The zero-order valence-corrected chi connectivity index (χ0v) is 20.7. The minimum atomic E-state index is -0.570. The van der Waals surface area contributed by atoms with Crippen LogP contribution in [0.5, 0.6) is 5.75 Å². The van der Waals surface area contributed by atoms with E-state index in [0.717, 1.165) is 27.6 Å². The summed E-state index contributed by atoms with van der Waals surface area (Å²) in [6.07, 6.45) is 1.59. The molecule has 0 N–H and O–H groups in total. The summed E-state index contributed by atoms with van der Waals surface area (Å²) in [7, 11) is 0. The molecule has 8 nitrogen and oxygen atoms in total. The molecule has 0 radical (unpaired) electrons. The van der Waals surface area contributed by atoms with Gasteiger partial charge in [-0.1, -0.05) is 48.5 Å². The molecule has 1 saturated heterocycles. The Balaban J connectivity index is 1.21. The Kier molecular flexibility index (Phi) is 7.01. The van der Waals surface area contributed by atoms with Gasteiger partial charge >= 0.3 is 0 Å². The highest BCUT2D eigenvalue weighted by Gasteiger charge is 2.36. The number of Topliss-reactive ketones (excluding diaryl/α,β-unsaturated/α-hetero) is 1. The van der Waals surface area contributed by atoms with Gasteiger partial charge in [0.1, 0.15) is 12.4 Å². The molecule has 1 aliphatic rings. The van der Waals surface area contributed by atoms with E-state index in [1.54, 1.807) is 30.3 Å². The van der Waals surface area contributed by atoms with Gasteiger partial charge in [-0.05, 0) is 70.1 Å². The molecule has 1 heterocycles. The molecule has 0 saturated carbocycles. The maximum absolute atomic E-state index is 12.8. The smallest absolute Gasteiger partial charge is 0.293 e. The lowest BCUT2D eigenvalue weighted by molar-refractivity contribution is -0.384. The summed E-state index contributed by atoms with van der Waals surface area (Å²) in [4.78, 5) is 49.1. The van der Waals surface area contributed by atoms with E-state index in [9.17, 15) is 24.5 Å². The average molecular weight is 525 g/mol. The Morgan fingerprint density at radius 1 is 0.921 bits per heavy atom. The van der Waals surface area contributed by atoms with Crippen LogP contribution in [0.15, 0.2) is 95.9 Å². The number of hydrogen-bond donors (Lipinski definition) is 0. The van der Waals surface area contributed by atoms with Crippen LogP contribution in [0, 0.1) is 10.1 Å². The summed E-state index contributed by atoms with van der Waals surface area (Å²) in [6.45, 7) is -0.0345. The minimum Gasteiger partial charge on any atom is -0.489 e. The van der Waals surface area contributed by atoms with E-state index in [-0.39, 0.29) is 16.2 Å². The number of ketones is 1. The molecule has 0 bridgehead atoms. The van der Waals surface area contributed by atoms with Crippen LogP contribution in [-0.4, -0.2) is 33.3 Å². The van der Waals surface area contributed by atoms with E-state index in [2.05, 4.69) is 24.3 Å². The van der Waals surface area contributed by atoms with Gasteiger partial charge in [-0.2, -0.15) is 0 Å². The third-order valence-electron chi connectivity index (χ3n) is 5.97. The second-order valence-corrected chi connectivity index (χ2v) is 9.53. The highest BCUT2D eigenvalue weighted by molar-refractivity contribution is 8.18. The molecular formula is C29H20N2O6S. The van der Waals surface area contributed by atoms with E-state index in [4.69, 9.17) is 4.74 Å². The zero-order valence-electron chi connectivity index (χ0n) is 19.9. The number of carbonyl (C=O) groups is 3. The molecule has 0 spiro atoms. The van der Waals surface area contributed by atoms with E-state index in [1.165, 1.54) is 29.7 Å². The topological polar surface area (TPSA) is 107 Å². The van der Waals surface area contributed by atoms with Crippen LogP contribution in [0.2, 0.25) is 0 Å². The van der Waals surface area contributed by atoms with Crippen molar-refractivity contribution in [2.24, 2.45) is 0 Å². The van der Waals surface area contributed by atoms with E-state index < -0.39 is 28.4 Å². The lowest BCUT2D eigenvalue weighted by Crippen LogP contribution is -2.33. The Bertz CT molecular complexity index is 1600. The molecule has 2 amide bonds. The van der Waals surface area contributed by atoms with Gasteiger partial charge in [-0.25, -0.2) is 0 Å². The molecule has 38 heavy (non-hydrogen) atoms. The van der Waals surface area contributed by atoms with Crippen molar-refractivity contribution < 1.29 is 24.0 Å². The number of amides is 2. The number of ether oxygens (including phenoxy) is 1. The van der Waals surface area contributed by atoms with Crippen LogP contribution in [-0.2, 0) is 11.4 Å². The third kappa shape index (κ3) is 5.47. The number of carbonyl (C=O) groups excluding carboxylic acids is 3. The van der Waals surface area contributed by atoms with Gasteiger partial charge in [-0.3, -0.25) is 29.4 Å². The number of hydrogen-bond acceptors (Lipinski definition) is 7. The van der Waals surface area contributed by atoms with Crippen molar-refractivity contribution in [1.29, 1.82) is 0 Å². The predicted molar refractivity (Wildman–Crippen MR) is 145 cm³/mol. The lowest BCUT2D eigenvalue weighted by atomic mass is 10.1. The van der Waals surface area contributed by atoms with E-state index >= 15 is 0 Å². The average Bonchev–Trinajstić information content (AvgIpc) is 3.19. The summed E-state index contributed by atoms with van der Waals surface area (Å²) in [5.74, 6) is -0.389. The first-order valence-electron chi connectivity index (χ1n) is 11.6. The molecule has 0 unspecified atom stereocenters. The molecule has 0 aliphatic carbocycles. The maximum Gasteiger partial charge on any atom is 0.293 e. The molecule has 4 aromatic rings. The van der Waals surface area contributed by atoms with Crippen LogP contribution >= 0.6 is 11.8 Å². The normalized spacial score (nSPS) is 14.3. The van der Waals surface area contributed by atoms with Gasteiger partial charge in [0.05, 0.1) is 16.4 Å². The van der Waals surface area contributed by atoms with Crippen molar-refractivity contribution >= 4 is 51.2 Å². The number of fused-ring (bicyclic) bond motifs is 1. The Morgan fingerprint density at radius 3 is 2.34 bits per heavy atom. The number of non-ortho nitro benzene ring substituents is 1. The lowest BCUT2D eigenvalue weighted by Gasteiger charge is -2.11. The second kappa shape index (κ2) is 10.7.